The molecule has 1 N–H and O–H groups in total. The molecule has 2 aromatic heterocycles. The van der Waals surface area contributed by atoms with Crippen LogP contribution < -0.4 is 10.1 Å². The molecule has 2 aromatic carbocycles. The molecule has 0 radical (unpaired) electrons. The third-order valence-corrected chi connectivity index (χ3v) is 6.13. The third kappa shape index (κ3) is 5.81. The SMILES string of the molecule is Cc1cccc(OCCCCn2c(CCCNC(=O)c3ccncc3)nc3ccccc32)c1C. The highest BCUT2D eigenvalue weighted by Crippen LogP contribution is 2.21. The Labute approximate surface area is 201 Å². The van der Waals surface area contributed by atoms with Crippen molar-refractivity contribution < 1.29 is 9.53 Å². The second-order valence-electron chi connectivity index (χ2n) is 8.52. The molecule has 0 aliphatic heterocycles. The van der Waals surface area contributed by atoms with Crippen molar-refractivity contribution in [2.75, 3.05) is 13.2 Å². The first-order valence-corrected chi connectivity index (χ1v) is 11.9. The number of pyridine rings is 1. The quantitative estimate of drug-likeness (QED) is 0.312. The van der Waals surface area contributed by atoms with Crippen molar-refractivity contribution >= 4 is 16.9 Å². The summed E-state index contributed by atoms with van der Waals surface area (Å²) in [6, 6.07) is 17.9. The summed E-state index contributed by atoms with van der Waals surface area (Å²) in [5.41, 5.74) is 5.27. The number of imidazole rings is 1. The van der Waals surface area contributed by atoms with E-state index in [1.807, 2.05) is 18.2 Å². The molecule has 0 saturated carbocycles. The maximum atomic E-state index is 12.2. The number of aryl methyl sites for hydroxylation is 3. The second-order valence-corrected chi connectivity index (χ2v) is 8.52. The number of fused-ring (bicyclic) bond motifs is 1. The Morgan fingerprint density at radius 2 is 1.79 bits per heavy atom. The predicted octanol–water partition coefficient (Wildman–Crippen LogP) is 5.27. The van der Waals surface area contributed by atoms with Gasteiger partial charge in [0, 0.05) is 37.5 Å². The van der Waals surface area contributed by atoms with Crippen LogP contribution in [0.4, 0.5) is 0 Å². The number of hydrogen-bond donors (Lipinski definition) is 1. The van der Waals surface area contributed by atoms with E-state index in [1.54, 1.807) is 24.5 Å². The van der Waals surface area contributed by atoms with Gasteiger partial charge in [-0.25, -0.2) is 4.98 Å². The first-order valence-electron chi connectivity index (χ1n) is 11.9. The number of rotatable bonds is 11. The van der Waals surface area contributed by atoms with E-state index in [9.17, 15) is 4.79 Å². The molecule has 0 aliphatic carbocycles. The molecule has 2 heterocycles. The van der Waals surface area contributed by atoms with E-state index < -0.39 is 0 Å². The van der Waals surface area contributed by atoms with Gasteiger partial charge in [0.1, 0.15) is 11.6 Å². The standard InChI is InChI=1S/C28H32N4O2/c1-21-9-7-12-26(22(21)2)34-20-6-5-19-32-25-11-4-3-10-24(25)31-27(32)13-8-16-30-28(33)23-14-17-29-18-15-23/h3-4,7,9-12,14-15,17-18H,5-6,8,13,16,19-20H2,1-2H3,(H,30,33). The molecule has 0 saturated heterocycles. The average molecular weight is 457 g/mol. The summed E-state index contributed by atoms with van der Waals surface area (Å²) in [5.74, 6) is 1.97. The Morgan fingerprint density at radius 1 is 0.971 bits per heavy atom. The van der Waals surface area contributed by atoms with Crippen LogP contribution in [0, 0.1) is 13.8 Å². The fourth-order valence-corrected chi connectivity index (χ4v) is 4.05. The molecule has 6 nitrogen and oxygen atoms in total. The molecule has 0 spiro atoms. The Balaban J connectivity index is 1.30. The number of ether oxygens (including phenoxy) is 1. The van der Waals surface area contributed by atoms with Gasteiger partial charge in [-0.3, -0.25) is 9.78 Å². The summed E-state index contributed by atoms with van der Waals surface area (Å²) in [5, 5.41) is 2.99. The molecule has 1 amide bonds. The zero-order valence-electron chi connectivity index (χ0n) is 20.0. The largest absolute Gasteiger partial charge is 0.493 e. The molecule has 4 rings (SSSR count). The van der Waals surface area contributed by atoms with Gasteiger partial charge in [0.25, 0.3) is 5.91 Å². The molecule has 0 unspecified atom stereocenters. The van der Waals surface area contributed by atoms with Gasteiger partial charge < -0.3 is 14.6 Å². The number of benzene rings is 2. The minimum Gasteiger partial charge on any atom is -0.493 e. The summed E-state index contributed by atoms with van der Waals surface area (Å²) in [4.78, 5) is 21.1. The fourth-order valence-electron chi connectivity index (χ4n) is 4.05. The number of para-hydroxylation sites is 2. The predicted molar refractivity (Wildman–Crippen MR) is 135 cm³/mol. The molecule has 0 atom stereocenters. The lowest BCUT2D eigenvalue weighted by Gasteiger charge is -2.12. The van der Waals surface area contributed by atoms with Crippen LogP contribution in [0.5, 0.6) is 5.75 Å². The lowest BCUT2D eigenvalue weighted by atomic mass is 10.1. The highest BCUT2D eigenvalue weighted by molar-refractivity contribution is 5.93. The Bertz CT molecular complexity index is 1230. The minimum absolute atomic E-state index is 0.0697. The third-order valence-electron chi connectivity index (χ3n) is 6.13. The van der Waals surface area contributed by atoms with Crippen molar-refractivity contribution in [3.63, 3.8) is 0 Å². The maximum Gasteiger partial charge on any atom is 0.251 e. The molecule has 0 fully saturated rings. The van der Waals surface area contributed by atoms with Gasteiger partial charge in [0.15, 0.2) is 0 Å². The lowest BCUT2D eigenvalue weighted by molar-refractivity contribution is 0.0953. The van der Waals surface area contributed by atoms with Crippen LogP contribution in [0.15, 0.2) is 67.0 Å². The van der Waals surface area contributed by atoms with Crippen molar-refractivity contribution in [1.29, 1.82) is 0 Å². The first kappa shape index (κ1) is 23.5. The number of amides is 1. The minimum atomic E-state index is -0.0697. The van der Waals surface area contributed by atoms with E-state index in [0.717, 1.165) is 54.8 Å². The van der Waals surface area contributed by atoms with Crippen LogP contribution in [0.1, 0.15) is 46.6 Å². The van der Waals surface area contributed by atoms with E-state index in [-0.39, 0.29) is 5.91 Å². The summed E-state index contributed by atoms with van der Waals surface area (Å²) < 4.78 is 8.34. The number of unbranched alkanes of at least 4 members (excludes halogenated alkanes) is 1. The van der Waals surface area contributed by atoms with Crippen molar-refractivity contribution in [3.05, 3.63) is 89.5 Å². The van der Waals surface area contributed by atoms with Gasteiger partial charge in [-0.2, -0.15) is 0 Å². The molecule has 34 heavy (non-hydrogen) atoms. The number of aromatic nitrogens is 3. The summed E-state index contributed by atoms with van der Waals surface area (Å²) >= 11 is 0. The van der Waals surface area contributed by atoms with Gasteiger partial charge in [-0.05, 0) is 74.6 Å². The van der Waals surface area contributed by atoms with E-state index in [2.05, 4.69) is 53.0 Å². The van der Waals surface area contributed by atoms with Crippen LogP contribution in [-0.2, 0) is 13.0 Å². The number of hydrogen-bond acceptors (Lipinski definition) is 4. The van der Waals surface area contributed by atoms with Crippen molar-refractivity contribution in [3.8, 4) is 5.75 Å². The zero-order chi connectivity index (χ0) is 23.8. The van der Waals surface area contributed by atoms with Gasteiger partial charge >= 0.3 is 0 Å². The van der Waals surface area contributed by atoms with E-state index >= 15 is 0 Å². The smallest absolute Gasteiger partial charge is 0.251 e. The van der Waals surface area contributed by atoms with Crippen LogP contribution >= 0.6 is 0 Å². The highest BCUT2D eigenvalue weighted by Gasteiger charge is 2.11. The van der Waals surface area contributed by atoms with Crippen LogP contribution in [-0.4, -0.2) is 33.6 Å². The number of carbonyl (C=O) groups is 1. The lowest BCUT2D eigenvalue weighted by Crippen LogP contribution is -2.25. The maximum absolute atomic E-state index is 12.2. The number of carbonyl (C=O) groups excluding carboxylic acids is 1. The molecule has 6 heteroatoms. The summed E-state index contributed by atoms with van der Waals surface area (Å²) in [6.07, 6.45) is 6.88. The summed E-state index contributed by atoms with van der Waals surface area (Å²) in [6.45, 7) is 6.42. The molecular formula is C28H32N4O2. The van der Waals surface area contributed by atoms with E-state index in [0.29, 0.717) is 18.7 Å². The van der Waals surface area contributed by atoms with Crippen LogP contribution in [0.2, 0.25) is 0 Å². The van der Waals surface area contributed by atoms with Crippen LogP contribution in [0.3, 0.4) is 0 Å². The van der Waals surface area contributed by atoms with Crippen molar-refractivity contribution in [2.24, 2.45) is 0 Å². The average Bonchev–Trinajstić information content (AvgIpc) is 3.22. The molecule has 0 bridgehead atoms. The van der Waals surface area contributed by atoms with Crippen molar-refractivity contribution in [1.82, 2.24) is 19.9 Å². The van der Waals surface area contributed by atoms with Gasteiger partial charge in [-0.15, -0.1) is 0 Å². The van der Waals surface area contributed by atoms with Gasteiger partial charge in [0.2, 0.25) is 0 Å². The Morgan fingerprint density at radius 3 is 2.65 bits per heavy atom. The number of nitrogens with one attached hydrogen (secondary N) is 1. The van der Waals surface area contributed by atoms with E-state index in [4.69, 9.17) is 9.72 Å². The highest BCUT2D eigenvalue weighted by atomic mass is 16.5. The van der Waals surface area contributed by atoms with Gasteiger partial charge in [0.05, 0.1) is 17.6 Å². The van der Waals surface area contributed by atoms with Crippen molar-refractivity contribution in [2.45, 2.75) is 46.1 Å². The Kier molecular flexibility index (Phi) is 7.91. The molecular weight excluding hydrogens is 424 g/mol. The molecule has 4 aromatic rings. The second kappa shape index (κ2) is 11.5. The molecule has 176 valence electrons. The first-order chi connectivity index (χ1) is 16.6. The van der Waals surface area contributed by atoms with E-state index in [1.165, 1.54) is 11.1 Å². The normalized spacial score (nSPS) is 11.0. The fraction of sp³-hybridized carbons (Fsp3) is 0.321. The van der Waals surface area contributed by atoms with Gasteiger partial charge in [-0.1, -0.05) is 24.3 Å². The monoisotopic (exact) mass is 456 g/mol. The Hall–Kier alpha value is -3.67. The zero-order valence-corrected chi connectivity index (χ0v) is 20.0. The molecule has 0 aliphatic rings. The van der Waals surface area contributed by atoms with Crippen LogP contribution in [0.25, 0.3) is 11.0 Å². The topological polar surface area (TPSA) is 69.0 Å². The number of nitrogens with zero attached hydrogens (tertiary/aromatic N) is 3. The summed E-state index contributed by atoms with van der Waals surface area (Å²) in [7, 11) is 0.